The Bertz CT molecular complexity index is 600. The number of aromatic nitrogens is 2. The SMILES string of the molecule is CC(c1nc2cc(F)ccc2n1CCCO)N(C)CCO. The lowest BCUT2D eigenvalue weighted by Crippen LogP contribution is -2.28. The minimum absolute atomic E-state index is 0.00805. The molecule has 1 aromatic heterocycles. The van der Waals surface area contributed by atoms with Gasteiger partial charge >= 0.3 is 0 Å². The number of imidazole rings is 1. The fourth-order valence-electron chi connectivity index (χ4n) is 2.45. The highest BCUT2D eigenvalue weighted by atomic mass is 19.1. The van der Waals surface area contributed by atoms with Crippen molar-refractivity contribution in [3.05, 3.63) is 29.8 Å². The smallest absolute Gasteiger partial charge is 0.127 e. The number of aliphatic hydroxyl groups excluding tert-OH is 2. The zero-order valence-electron chi connectivity index (χ0n) is 12.5. The van der Waals surface area contributed by atoms with Crippen LogP contribution in [0.3, 0.4) is 0 Å². The van der Waals surface area contributed by atoms with E-state index in [-0.39, 0.29) is 25.1 Å². The first kappa shape index (κ1) is 15.9. The number of fused-ring (bicyclic) bond motifs is 1. The quantitative estimate of drug-likeness (QED) is 0.813. The van der Waals surface area contributed by atoms with E-state index in [1.807, 2.05) is 23.4 Å². The molecule has 1 aromatic carbocycles. The molecule has 2 N–H and O–H groups in total. The zero-order valence-corrected chi connectivity index (χ0v) is 12.5. The van der Waals surface area contributed by atoms with Crippen LogP contribution in [-0.4, -0.2) is 51.5 Å². The molecule has 0 aliphatic heterocycles. The molecule has 0 fully saturated rings. The van der Waals surface area contributed by atoms with Crippen molar-refractivity contribution in [2.24, 2.45) is 0 Å². The molecule has 1 atom stereocenters. The summed E-state index contributed by atoms with van der Waals surface area (Å²) in [6, 6.07) is 4.56. The van der Waals surface area contributed by atoms with E-state index in [1.165, 1.54) is 12.1 Å². The summed E-state index contributed by atoms with van der Waals surface area (Å²) in [6.07, 6.45) is 0.617. The van der Waals surface area contributed by atoms with Crippen molar-refractivity contribution in [2.75, 3.05) is 26.8 Å². The van der Waals surface area contributed by atoms with E-state index in [9.17, 15) is 4.39 Å². The summed E-state index contributed by atoms with van der Waals surface area (Å²) in [4.78, 5) is 6.54. The van der Waals surface area contributed by atoms with Crippen LogP contribution in [0.5, 0.6) is 0 Å². The Hall–Kier alpha value is -1.50. The molecule has 0 radical (unpaired) electrons. The van der Waals surface area contributed by atoms with Crippen LogP contribution in [0.1, 0.15) is 25.2 Å². The minimum Gasteiger partial charge on any atom is -0.396 e. The third-order valence-electron chi connectivity index (χ3n) is 3.77. The molecule has 0 saturated heterocycles. The first-order valence-corrected chi connectivity index (χ1v) is 7.16. The number of nitrogens with zero attached hydrogens (tertiary/aromatic N) is 3. The van der Waals surface area contributed by atoms with E-state index < -0.39 is 0 Å². The van der Waals surface area contributed by atoms with Crippen LogP contribution >= 0.6 is 0 Å². The standard InChI is InChI=1S/C15H22FN3O2/c1-11(18(2)7-9-21)15-17-13-10-12(16)4-5-14(13)19(15)6-3-8-20/h4-5,10-11,20-21H,3,6-9H2,1-2H3. The number of hydrogen-bond donors (Lipinski definition) is 2. The molecule has 5 nitrogen and oxygen atoms in total. The van der Waals surface area contributed by atoms with Gasteiger partial charge in [-0.25, -0.2) is 9.37 Å². The van der Waals surface area contributed by atoms with Crippen molar-refractivity contribution in [3.8, 4) is 0 Å². The number of aliphatic hydroxyl groups is 2. The van der Waals surface area contributed by atoms with Crippen LogP contribution in [0.2, 0.25) is 0 Å². The van der Waals surface area contributed by atoms with Gasteiger partial charge in [-0.1, -0.05) is 0 Å². The predicted molar refractivity (Wildman–Crippen MR) is 79.5 cm³/mol. The molecule has 0 saturated carbocycles. The normalized spacial score (nSPS) is 13.2. The van der Waals surface area contributed by atoms with Gasteiger partial charge in [0, 0.05) is 25.8 Å². The molecule has 0 bridgehead atoms. The molecule has 0 spiro atoms. The minimum atomic E-state index is -0.308. The van der Waals surface area contributed by atoms with E-state index in [0.29, 0.717) is 25.0 Å². The highest BCUT2D eigenvalue weighted by Crippen LogP contribution is 2.24. The number of halogens is 1. The maximum Gasteiger partial charge on any atom is 0.127 e. The van der Waals surface area contributed by atoms with E-state index in [2.05, 4.69) is 4.98 Å². The average Bonchev–Trinajstić information content (AvgIpc) is 2.82. The van der Waals surface area contributed by atoms with E-state index in [4.69, 9.17) is 10.2 Å². The third-order valence-corrected chi connectivity index (χ3v) is 3.77. The predicted octanol–water partition coefficient (Wildman–Crippen LogP) is 1.54. The summed E-state index contributed by atoms with van der Waals surface area (Å²) in [5.74, 6) is 0.511. The maximum atomic E-state index is 13.4. The Labute approximate surface area is 123 Å². The molecule has 0 amide bonds. The molecule has 0 aliphatic rings. The van der Waals surface area contributed by atoms with E-state index in [0.717, 1.165) is 11.3 Å². The molecule has 0 aliphatic carbocycles. The molecule has 2 rings (SSSR count). The molecule has 116 valence electrons. The van der Waals surface area contributed by atoms with Gasteiger partial charge in [0.2, 0.25) is 0 Å². The second-order valence-corrected chi connectivity index (χ2v) is 5.21. The fourth-order valence-corrected chi connectivity index (χ4v) is 2.45. The molecule has 2 aromatic rings. The van der Waals surface area contributed by atoms with E-state index in [1.54, 1.807) is 6.07 Å². The van der Waals surface area contributed by atoms with Gasteiger partial charge in [-0.15, -0.1) is 0 Å². The van der Waals surface area contributed by atoms with Crippen LogP contribution < -0.4 is 0 Å². The van der Waals surface area contributed by atoms with Crippen LogP contribution in [0, 0.1) is 5.82 Å². The lowest BCUT2D eigenvalue weighted by molar-refractivity contribution is 0.181. The maximum absolute atomic E-state index is 13.4. The van der Waals surface area contributed by atoms with Crippen molar-refractivity contribution in [3.63, 3.8) is 0 Å². The Balaban J connectivity index is 2.44. The second kappa shape index (κ2) is 6.98. The molecular weight excluding hydrogens is 273 g/mol. The largest absolute Gasteiger partial charge is 0.396 e. The van der Waals surface area contributed by atoms with Crippen molar-refractivity contribution >= 4 is 11.0 Å². The van der Waals surface area contributed by atoms with Gasteiger partial charge in [-0.2, -0.15) is 0 Å². The zero-order chi connectivity index (χ0) is 15.4. The van der Waals surface area contributed by atoms with Crippen LogP contribution in [0.4, 0.5) is 4.39 Å². The number of benzene rings is 1. The summed E-state index contributed by atoms with van der Waals surface area (Å²) in [5, 5.41) is 18.1. The lowest BCUT2D eigenvalue weighted by Gasteiger charge is -2.24. The molecule has 1 heterocycles. The Morgan fingerprint density at radius 3 is 2.76 bits per heavy atom. The van der Waals surface area contributed by atoms with Crippen LogP contribution in [-0.2, 0) is 6.54 Å². The summed E-state index contributed by atoms with van der Waals surface area (Å²) in [5.41, 5.74) is 1.48. The van der Waals surface area contributed by atoms with Gasteiger partial charge in [-0.3, -0.25) is 4.90 Å². The number of rotatable bonds is 7. The average molecular weight is 295 g/mol. The van der Waals surface area contributed by atoms with Crippen LogP contribution in [0.25, 0.3) is 11.0 Å². The number of hydrogen-bond acceptors (Lipinski definition) is 4. The molecule has 1 unspecified atom stereocenters. The highest BCUT2D eigenvalue weighted by molar-refractivity contribution is 5.76. The summed E-state index contributed by atoms with van der Waals surface area (Å²) >= 11 is 0. The van der Waals surface area contributed by atoms with Crippen molar-refractivity contribution in [2.45, 2.75) is 25.9 Å². The Kier molecular flexibility index (Phi) is 5.27. The lowest BCUT2D eigenvalue weighted by atomic mass is 10.2. The van der Waals surface area contributed by atoms with Gasteiger partial charge in [0.25, 0.3) is 0 Å². The van der Waals surface area contributed by atoms with Gasteiger partial charge < -0.3 is 14.8 Å². The van der Waals surface area contributed by atoms with E-state index >= 15 is 0 Å². The van der Waals surface area contributed by atoms with Gasteiger partial charge in [0.1, 0.15) is 11.6 Å². The van der Waals surface area contributed by atoms with Gasteiger partial charge in [-0.05, 0) is 32.5 Å². The first-order valence-electron chi connectivity index (χ1n) is 7.16. The fraction of sp³-hybridized carbons (Fsp3) is 0.533. The Morgan fingerprint density at radius 1 is 1.33 bits per heavy atom. The molecule has 21 heavy (non-hydrogen) atoms. The summed E-state index contributed by atoms with van der Waals surface area (Å²) < 4.78 is 15.4. The third kappa shape index (κ3) is 3.40. The summed E-state index contributed by atoms with van der Waals surface area (Å²) in [7, 11) is 1.91. The number of likely N-dealkylation sites (N-methyl/N-ethyl adjacent to an activating group) is 1. The van der Waals surface area contributed by atoms with Crippen molar-refractivity contribution in [1.82, 2.24) is 14.5 Å². The number of aryl methyl sites for hydroxylation is 1. The highest BCUT2D eigenvalue weighted by Gasteiger charge is 2.19. The van der Waals surface area contributed by atoms with Gasteiger partial charge in [0.15, 0.2) is 0 Å². The topological polar surface area (TPSA) is 61.5 Å². The Morgan fingerprint density at radius 2 is 2.10 bits per heavy atom. The second-order valence-electron chi connectivity index (χ2n) is 5.21. The molecular formula is C15H22FN3O2. The van der Waals surface area contributed by atoms with Crippen molar-refractivity contribution < 1.29 is 14.6 Å². The summed E-state index contributed by atoms with van der Waals surface area (Å²) in [6.45, 7) is 3.35. The van der Waals surface area contributed by atoms with Crippen molar-refractivity contribution in [1.29, 1.82) is 0 Å². The van der Waals surface area contributed by atoms with Gasteiger partial charge in [0.05, 0.1) is 23.7 Å². The monoisotopic (exact) mass is 295 g/mol. The molecule has 6 heteroatoms. The first-order chi connectivity index (χ1) is 10.1. The van der Waals surface area contributed by atoms with Crippen LogP contribution in [0.15, 0.2) is 18.2 Å².